The van der Waals surface area contributed by atoms with E-state index in [0.29, 0.717) is 38.2 Å². The topological polar surface area (TPSA) is 88.8 Å². The normalized spacial score (nSPS) is 16.1. The van der Waals surface area contributed by atoms with Crippen LogP contribution in [0.5, 0.6) is 0 Å². The van der Waals surface area contributed by atoms with Crippen LogP contribution in [0.1, 0.15) is 40.1 Å². The van der Waals surface area contributed by atoms with Gasteiger partial charge in [0.1, 0.15) is 18.0 Å². The number of nitrogens with one attached hydrogen (secondary N) is 1. The van der Waals surface area contributed by atoms with Crippen molar-refractivity contribution >= 4 is 11.9 Å². The number of rotatable bonds is 6. The number of benzene rings is 1. The van der Waals surface area contributed by atoms with Crippen LogP contribution in [0.4, 0.5) is 4.39 Å². The molecule has 2 N–H and O–H groups in total. The van der Waals surface area contributed by atoms with Gasteiger partial charge in [-0.25, -0.2) is 4.39 Å². The predicted molar refractivity (Wildman–Crippen MR) is 95.2 cm³/mol. The number of carboxylic acid groups (broad SMARTS) is 1. The van der Waals surface area contributed by atoms with E-state index in [1.165, 1.54) is 18.4 Å². The molecule has 0 saturated carbocycles. The van der Waals surface area contributed by atoms with Gasteiger partial charge in [0.15, 0.2) is 0 Å². The van der Waals surface area contributed by atoms with E-state index in [9.17, 15) is 14.0 Å². The van der Waals surface area contributed by atoms with E-state index in [4.69, 9.17) is 14.3 Å². The Morgan fingerprint density at radius 2 is 1.89 bits per heavy atom. The number of hydrogen-bond donors (Lipinski definition) is 2. The molecule has 0 aliphatic carbocycles. The number of aryl methyl sites for hydroxylation is 1. The summed E-state index contributed by atoms with van der Waals surface area (Å²) in [6.45, 7) is 3.16. The molecule has 1 aliphatic heterocycles. The van der Waals surface area contributed by atoms with Crippen LogP contribution in [-0.4, -0.2) is 36.7 Å². The number of carboxylic acids is 1. The number of hydrogen-bond acceptors (Lipinski definition) is 4. The fourth-order valence-electron chi connectivity index (χ4n) is 3.54. The third-order valence-corrected chi connectivity index (χ3v) is 5.08. The number of amides is 1. The maximum Gasteiger partial charge on any atom is 0.311 e. The molecule has 0 radical (unpaired) electrons. The third-order valence-electron chi connectivity index (χ3n) is 5.08. The fraction of sp³-hybridized carbons (Fsp3) is 0.400. The van der Waals surface area contributed by atoms with Gasteiger partial charge in [-0.05, 0) is 37.5 Å². The van der Waals surface area contributed by atoms with Crippen LogP contribution in [0.3, 0.4) is 0 Å². The maximum atomic E-state index is 13.3. The Kier molecular flexibility index (Phi) is 5.60. The van der Waals surface area contributed by atoms with Crippen LogP contribution in [0, 0.1) is 12.7 Å². The van der Waals surface area contributed by atoms with Crippen LogP contribution >= 0.6 is 0 Å². The molecule has 0 atom stereocenters. The lowest BCUT2D eigenvalue weighted by Crippen LogP contribution is -2.44. The summed E-state index contributed by atoms with van der Waals surface area (Å²) in [7, 11) is 0. The number of ether oxygens (including phenoxy) is 1. The van der Waals surface area contributed by atoms with Gasteiger partial charge in [0.2, 0.25) is 0 Å². The monoisotopic (exact) mass is 375 g/mol. The summed E-state index contributed by atoms with van der Waals surface area (Å²) >= 11 is 0. The summed E-state index contributed by atoms with van der Waals surface area (Å²) in [6, 6.07) is 6.32. The first-order valence-electron chi connectivity index (χ1n) is 8.82. The number of carbonyl (C=O) groups is 2. The molecule has 0 bridgehead atoms. The van der Waals surface area contributed by atoms with Crippen molar-refractivity contribution < 1.29 is 28.2 Å². The molecule has 2 aromatic rings. The van der Waals surface area contributed by atoms with Crippen LogP contribution < -0.4 is 5.32 Å². The van der Waals surface area contributed by atoms with Crippen molar-refractivity contribution in [3.8, 4) is 0 Å². The highest BCUT2D eigenvalue weighted by molar-refractivity contribution is 5.97. The Bertz CT molecular complexity index is 821. The molecule has 1 fully saturated rings. The van der Waals surface area contributed by atoms with E-state index in [1.54, 1.807) is 19.1 Å². The quantitative estimate of drug-likeness (QED) is 0.811. The summed E-state index contributed by atoms with van der Waals surface area (Å²) in [6.07, 6.45) is 2.43. The molecule has 6 nitrogen and oxygen atoms in total. The molecule has 144 valence electrons. The predicted octanol–water partition coefficient (Wildman–Crippen LogP) is 2.83. The zero-order valence-electron chi connectivity index (χ0n) is 15.1. The van der Waals surface area contributed by atoms with Crippen LogP contribution in [0.2, 0.25) is 0 Å². The van der Waals surface area contributed by atoms with Gasteiger partial charge in [-0.1, -0.05) is 12.1 Å². The second-order valence-electron chi connectivity index (χ2n) is 6.87. The minimum absolute atomic E-state index is 0.139. The van der Waals surface area contributed by atoms with Gasteiger partial charge in [0, 0.05) is 30.7 Å². The van der Waals surface area contributed by atoms with Crippen molar-refractivity contribution in [1.82, 2.24) is 5.32 Å². The lowest BCUT2D eigenvalue weighted by molar-refractivity contribution is -0.136. The lowest BCUT2D eigenvalue weighted by Gasteiger charge is -2.38. The highest BCUT2D eigenvalue weighted by Crippen LogP contribution is 2.34. The summed E-state index contributed by atoms with van der Waals surface area (Å²) < 4.78 is 24.0. The number of furan rings is 1. The van der Waals surface area contributed by atoms with Crippen LogP contribution in [-0.2, 0) is 21.4 Å². The molecule has 27 heavy (non-hydrogen) atoms. The third kappa shape index (κ3) is 4.19. The van der Waals surface area contributed by atoms with Crippen molar-refractivity contribution in [1.29, 1.82) is 0 Å². The Balaban J connectivity index is 1.80. The molecule has 7 heteroatoms. The lowest BCUT2D eigenvalue weighted by atomic mass is 9.74. The molecule has 1 aliphatic rings. The molecule has 1 amide bonds. The highest BCUT2D eigenvalue weighted by Gasteiger charge is 2.35. The Morgan fingerprint density at radius 1 is 1.22 bits per heavy atom. The average Bonchev–Trinajstić information content (AvgIpc) is 3.00. The van der Waals surface area contributed by atoms with Crippen LogP contribution in [0.25, 0.3) is 0 Å². The van der Waals surface area contributed by atoms with Crippen LogP contribution in [0.15, 0.2) is 34.9 Å². The van der Waals surface area contributed by atoms with Gasteiger partial charge in [-0.2, -0.15) is 0 Å². The Hall–Kier alpha value is -2.67. The molecule has 0 spiro atoms. The molecule has 1 aromatic heterocycles. The average molecular weight is 375 g/mol. The Morgan fingerprint density at radius 3 is 2.52 bits per heavy atom. The van der Waals surface area contributed by atoms with E-state index in [1.807, 2.05) is 0 Å². The number of aliphatic carboxylic acids is 1. The van der Waals surface area contributed by atoms with E-state index in [-0.39, 0.29) is 34.9 Å². The largest absolute Gasteiger partial charge is 0.481 e. The second-order valence-corrected chi connectivity index (χ2v) is 6.87. The van der Waals surface area contributed by atoms with Crippen molar-refractivity contribution in [2.45, 2.75) is 31.6 Å². The van der Waals surface area contributed by atoms with Gasteiger partial charge in [-0.3, -0.25) is 9.59 Å². The smallest absolute Gasteiger partial charge is 0.311 e. The van der Waals surface area contributed by atoms with Crippen molar-refractivity contribution in [2.24, 2.45) is 0 Å². The minimum Gasteiger partial charge on any atom is -0.481 e. The molecule has 1 saturated heterocycles. The Labute approximate surface area is 156 Å². The number of carbonyl (C=O) groups excluding carboxylic acids is 1. The van der Waals surface area contributed by atoms with E-state index in [0.717, 1.165) is 5.56 Å². The number of halogens is 1. The van der Waals surface area contributed by atoms with Crippen molar-refractivity contribution in [3.63, 3.8) is 0 Å². The molecule has 3 rings (SSSR count). The summed E-state index contributed by atoms with van der Waals surface area (Å²) in [4.78, 5) is 23.7. The molecule has 1 aromatic carbocycles. The molecule has 2 heterocycles. The fourth-order valence-corrected chi connectivity index (χ4v) is 3.54. The van der Waals surface area contributed by atoms with Crippen molar-refractivity contribution in [3.05, 3.63) is 58.8 Å². The minimum atomic E-state index is -1.06. The van der Waals surface area contributed by atoms with Gasteiger partial charge in [-0.15, -0.1) is 0 Å². The molecule has 0 unspecified atom stereocenters. The van der Waals surface area contributed by atoms with E-state index < -0.39 is 5.97 Å². The summed E-state index contributed by atoms with van der Waals surface area (Å²) in [5, 5.41) is 11.9. The van der Waals surface area contributed by atoms with Gasteiger partial charge in [0.05, 0.1) is 11.8 Å². The molecular formula is C20H22FNO5. The van der Waals surface area contributed by atoms with E-state index >= 15 is 0 Å². The first-order chi connectivity index (χ1) is 12.9. The van der Waals surface area contributed by atoms with Gasteiger partial charge in [0.25, 0.3) is 5.91 Å². The zero-order chi connectivity index (χ0) is 19.4. The maximum absolute atomic E-state index is 13.3. The SMILES string of the molecule is Cc1coc(CC(=O)O)c1C(=O)NCC1(c2ccc(F)cc2)CCOCC1. The second kappa shape index (κ2) is 7.92. The van der Waals surface area contributed by atoms with Gasteiger partial charge < -0.3 is 19.6 Å². The first-order valence-corrected chi connectivity index (χ1v) is 8.82. The standard InChI is InChI=1S/C20H22FNO5/c1-13-11-27-16(10-17(23)24)18(13)19(25)22-12-20(6-8-26-9-7-20)14-2-4-15(21)5-3-14/h2-5,11H,6-10,12H2,1H3,(H,22,25)(H,23,24). The van der Waals surface area contributed by atoms with Crippen molar-refractivity contribution in [2.75, 3.05) is 19.8 Å². The zero-order valence-corrected chi connectivity index (χ0v) is 15.1. The van der Waals surface area contributed by atoms with E-state index in [2.05, 4.69) is 5.32 Å². The highest BCUT2D eigenvalue weighted by atomic mass is 19.1. The van der Waals surface area contributed by atoms with Gasteiger partial charge >= 0.3 is 5.97 Å². The summed E-state index contributed by atoms with van der Waals surface area (Å²) in [5.41, 5.74) is 1.44. The summed E-state index contributed by atoms with van der Waals surface area (Å²) in [5.74, 6) is -1.60. The first kappa shape index (κ1) is 19.1. The molecular weight excluding hydrogens is 353 g/mol.